The first kappa shape index (κ1) is 10.0. The van der Waals surface area contributed by atoms with Crippen molar-refractivity contribution in [3.63, 3.8) is 0 Å². The number of Topliss-reactive ketones (excluding diaryl/α,β-unsaturated/α-hetero) is 1. The van der Waals surface area contributed by atoms with E-state index in [2.05, 4.69) is 0 Å². The highest BCUT2D eigenvalue weighted by Gasteiger charge is 2.07. The van der Waals surface area contributed by atoms with Gasteiger partial charge >= 0.3 is 0 Å². The molecule has 70 valence electrons. The maximum absolute atomic E-state index is 11.5. The lowest BCUT2D eigenvalue weighted by Crippen LogP contribution is -2.05. The number of allylic oxidation sites excluding steroid dienone is 2. The Labute approximate surface area is 81.9 Å². The molecule has 0 aromatic heterocycles. The van der Waals surface area contributed by atoms with Crippen LogP contribution in [0.25, 0.3) is 0 Å². The number of ketones is 1. The van der Waals surface area contributed by atoms with Gasteiger partial charge in [-0.05, 0) is 6.92 Å². The van der Waals surface area contributed by atoms with Crippen molar-refractivity contribution in [1.29, 1.82) is 5.26 Å². The number of carbonyl (C=O) groups excluding carboxylic acids is 1. The maximum Gasteiger partial charge on any atom is 0.188 e. The Morgan fingerprint density at radius 2 is 2.14 bits per heavy atom. The third kappa shape index (κ3) is 1.99. The second-order valence-electron chi connectivity index (χ2n) is 2.78. The minimum Gasteiger partial charge on any atom is -0.872 e. The molecule has 0 aliphatic rings. The van der Waals surface area contributed by atoms with Crippen LogP contribution < -0.4 is 5.11 Å². The molecule has 0 fully saturated rings. The van der Waals surface area contributed by atoms with Crippen LogP contribution in [0.1, 0.15) is 17.3 Å². The van der Waals surface area contributed by atoms with Crippen molar-refractivity contribution in [2.75, 3.05) is 0 Å². The van der Waals surface area contributed by atoms with Gasteiger partial charge in [-0.3, -0.25) is 4.79 Å². The van der Waals surface area contributed by atoms with E-state index in [-0.39, 0.29) is 16.9 Å². The van der Waals surface area contributed by atoms with E-state index in [0.717, 1.165) is 6.08 Å². The summed E-state index contributed by atoms with van der Waals surface area (Å²) in [5.41, 5.74) is 0.382. The second kappa shape index (κ2) is 4.24. The van der Waals surface area contributed by atoms with Gasteiger partial charge in [0, 0.05) is 17.2 Å². The molecule has 0 N–H and O–H groups in total. The van der Waals surface area contributed by atoms with Gasteiger partial charge in [0.15, 0.2) is 5.78 Å². The highest BCUT2D eigenvalue weighted by molar-refractivity contribution is 6.10. The Kier molecular flexibility index (Phi) is 3.03. The topological polar surface area (TPSA) is 63.9 Å². The third-order valence-electron chi connectivity index (χ3n) is 1.77. The van der Waals surface area contributed by atoms with Gasteiger partial charge in [0.2, 0.25) is 0 Å². The van der Waals surface area contributed by atoms with E-state index >= 15 is 0 Å². The summed E-state index contributed by atoms with van der Waals surface area (Å²) in [5, 5.41) is 19.6. The Morgan fingerprint density at radius 1 is 1.50 bits per heavy atom. The number of benzene rings is 1. The monoisotopic (exact) mass is 186 g/mol. The number of nitrogens with zero attached hydrogens (tertiary/aromatic N) is 1. The summed E-state index contributed by atoms with van der Waals surface area (Å²) in [6, 6.07) is 7.73. The van der Waals surface area contributed by atoms with Crippen LogP contribution in [0.3, 0.4) is 0 Å². The molecule has 1 aromatic rings. The second-order valence-corrected chi connectivity index (χ2v) is 2.78. The molecule has 0 bridgehead atoms. The maximum atomic E-state index is 11.5. The lowest BCUT2D eigenvalue weighted by Gasteiger charge is -2.10. The Morgan fingerprint density at radius 3 is 2.71 bits per heavy atom. The van der Waals surface area contributed by atoms with Crippen molar-refractivity contribution in [2.24, 2.45) is 0 Å². The van der Waals surface area contributed by atoms with Crippen LogP contribution in [0.4, 0.5) is 0 Å². The van der Waals surface area contributed by atoms with Gasteiger partial charge in [0.25, 0.3) is 0 Å². The summed E-state index contributed by atoms with van der Waals surface area (Å²) in [6.45, 7) is 1.51. The summed E-state index contributed by atoms with van der Waals surface area (Å²) in [6.07, 6.45) is 1.13. The van der Waals surface area contributed by atoms with Gasteiger partial charge < -0.3 is 5.11 Å². The number of para-hydroxylation sites is 1. The molecule has 0 spiro atoms. The van der Waals surface area contributed by atoms with E-state index < -0.39 is 5.78 Å². The highest BCUT2D eigenvalue weighted by atomic mass is 16.3. The molecule has 0 saturated heterocycles. The van der Waals surface area contributed by atoms with Gasteiger partial charge in [0.1, 0.15) is 0 Å². The van der Waals surface area contributed by atoms with Crippen LogP contribution in [-0.4, -0.2) is 5.78 Å². The van der Waals surface area contributed by atoms with Crippen LogP contribution in [0.5, 0.6) is 5.75 Å². The standard InChI is InChI=1S/C11H9NO2/c1-8(6-7-12)11(14)9-4-2-3-5-10(9)13/h2-6,13H,1H3/p-1. The Bertz CT molecular complexity index is 427. The molecule has 0 aliphatic heterocycles. The molecule has 1 aromatic carbocycles. The highest BCUT2D eigenvalue weighted by Crippen LogP contribution is 2.16. The van der Waals surface area contributed by atoms with E-state index in [0.29, 0.717) is 0 Å². The zero-order valence-corrected chi connectivity index (χ0v) is 7.65. The van der Waals surface area contributed by atoms with Crippen molar-refractivity contribution in [2.45, 2.75) is 6.92 Å². The molecule has 1 rings (SSSR count). The smallest absolute Gasteiger partial charge is 0.188 e. The van der Waals surface area contributed by atoms with Gasteiger partial charge in [0.05, 0.1) is 6.07 Å². The lowest BCUT2D eigenvalue weighted by molar-refractivity contribution is -0.268. The van der Waals surface area contributed by atoms with Gasteiger partial charge in [-0.1, -0.05) is 30.0 Å². The summed E-state index contributed by atoms with van der Waals surface area (Å²) >= 11 is 0. The first-order chi connectivity index (χ1) is 6.66. The molecule has 3 heteroatoms. The van der Waals surface area contributed by atoms with Crippen molar-refractivity contribution in [1.82, 2.24) is 0 Å². The minimum atomic E-state index is -0.392. The van der Waals surface area contributed by atoms with Crippen molar-refractivity contribution < 1.29 is 9.90 Å². The Balaban J connectivity index is 3.09. The third-order valence-corrected chi connectivity index (χ3v) is 1.77. The molecule has 14 heavy (non-hydrogen) atoms. The van der Waals surface area contributed by atoms with Crippen LogP contribution >= 0.6 is 0 Å². The number of hydrogen-bond donors (Lipinski definition) is 0. The number of carbonyl (C=O) groups is 1. The fourth-order valence-electron chi connectivity index (χ4n) is 1.03. The zero-order chi connectivity index (χ0) is 10.6. The van der Waals surface area contributed by atoms with Crippen LogP contribution in [0.2, 0.25) is 0 Å². The van der Waals surface area contributed by atoms with E-state index in [1.54, 1.807) is 18.2 Å². The van der Waals surface area contributed by atoms with E-state index in [1.165, 1.54) is 19.1 Å². The SMILES string of the molecule is CC(=CC#N)C(=O)c1ccccc1[O-]. The van der Waals surface area contributed by atoms with Crippen LogP contribution in [0, 0.1) is 11.3 Å². The molecule has 0 unspecified atom stereocenters. The van der Waals surface area contributed by atoms with E-state index in [9.17, 15) is 9.90 Å². The van der Waals surface area contributed by atoms with Crippen molar-refractivity contribution >= 4 is 5.78 Å². The summed E-state index contributed by atoms with van der Waals surface area (Å²) in [4.78, 5) is 11.5. The first-order valence-electron chi connectivity index (χ1n) is 4.04. The number of rotatable bonds is 2. The quantitative estimate of drug-likeness (QED) is 0.398. The zero-order valence-electron chi connectivity index (χ0n) is 7.65. The average Bonchev–Trinajstić information content (AvgIpc) is 2.18. The molecule has 0 radical (unpaired) electrons. The van der Waals surface area contributed by atoms with Crippen LogP contribution in [-0.2, 0) is 0 Å². The minimum absolute atomic E-state index is 0.108. The number of nitriles is 1. The Hall–Kier alpha value is -2.08. The van der Waals surface area contributed by atoms with Crippen LogP contribution in [0.15, 0.2) is 35.9 Å². The van der Waals surface area contributed by atoms with Crippen molar-refractivity contribution in [3.8, 4) is 11.8 Å². The predicted molar refractivity (Wildman–Crippen MR) is 49.6 cm³/mol. The molecular formula is C11H8NO2-. The molecular weight excluding hydrogens is 178 g/mol. The molecule has 0 amide bonds. The molecule has 0 atom stereocenters. The van der Waals surface area contributed by atoms with Crippen molar-refractivity contribution in [3.05, 3.63) is 41.5 Å². The fraction of sp³-hybridized carbons (Fsp3) is 0.0909. The number of hydrogen-bond acceptors (Lipinski definition) is 3. The first-order valence-corrected chi connectivity index (χ1v) is 4.04. The van der Waals surface area contributed by atoms with Gasteiger partial charge in [-0.25, -0.2) is 0 Å². The lowest BCUT2D eigenvalue weighted by atomic mass is 10.0. The van der Waals surface area contributed by atoms with Gasteiger partial charge in [-0.15, -0.1) is 0 Å². The molecule has 3 nitrogen and oxygen atoms in total. The predicted octanol–water partition coefficient (Wildman–Crippen LogP) is 1.41. The molecule has 0 aliphatic carbocycles. The summed E-state index contributed by atoms with van der Waals surface area (Å²) < 4.78 is 0. The summed E-state index contributed by atoms with van der Waals surface area (Å²) in [7, 11) is 0. The normalized spacial score (nSPS) is 10.7. The largest absolute Gasteiger partial charge is 0.872 e. The van der Waals surface area contributed by atoms with E-state index in [1.807, 2.05) is 0 Å². The van der Waals surface area contributed by atoms with Gasteiger partial charge in [-0.2, -0.15) is 5.26 Å². The average molecular weight is 186 g/mol. The molecule has 0 saturated carbocycles. The van der Waals surface area contributed by atoms with E-state index in [4.69, 9.17) is 5.26 Å². The fourth-order valence-corrected chi connectivity index (χ4v) is 1.03. The molecule has 0 heterocycles. The summed E-state index contributed by atoms with van der Waals surface area (Å²) in [5.74, 6) is -0.708.